The monoisotopic (exact) mass is 347 g/mol. The van der Waals surface area contributed by atoms with Gasteiger partial charge in [-0.25, -0.2) is 0 Å². The van der Waals surface area contributed by atoms with E-state index in [9.17, 15) is 18.0 Å². The van der Waals surface area contributed by atoms with E-state index in [4.69, 9.17) is 5.73 Å². The molecule has 0 radical (unpaired) electrons. The Bertz CT molecular complexity index is 859. The number of carbonyl (C=O) groups is 1. The van der Waals surface area contributed by atoms with Crippen LogP contribution >= 0.6 is 0 Å². The van der Waals surface area contributed by atoms with Crippen LogP contribution in [0.2, 0.25) is 0 Å². The Morgan fingerprint density at radius 1 is 1.20 bits per heavy atom. The van der Waals surface area contributed by atoms with Crippen molar-refractivity contribution in [1.29, 1.82) is 0 Å². The summed E-state index contributed by atoms with van der Waals surface area (Å²) in [7, 11) is 0. The highest BCUT2D eigenvalue weighted by Gasteiger charge is 2.31. The number of nitrogens with two attached hydrogens (primary N) is 1. The van der Waals surface area contributed by atoms with Crippen LogP contribution in [0.15, 0.2) is 48.5 Å². The molecule has 0 aromatic heterocycles. The number of nitrogens with one attached hydrogen (secondary N) is 1. The molecule has 1 aliphatic heterocycles. The van der Waals surface area contributed by atoms with Crippen LogP contribution in [0.3, 0.4) is 0 Å². The highest BCUT2D eigenvalue weighted by Crippen LogP contribution is 2.32. The van der Waals surface area contributed by atoms with Gasteiger partial charge in [0.1, 0.15) is 0 Å². The molecule has 7 heteroatoms. The van der Waals surface area contributed by atoms with Crippen LogP contribution in [0.5, 0.6) is 0 Å². The highest BCUT2D eigenvalue weighted by atomic mass is 19.4. The van der Waals surface area contributed by atoms with Crippen LogP contribution in [0.1, 0.15) is 28.4 Å². The smallest absolute Gasteiger partial charge is 0.398 e. The third kappa shape index (κ3) is 3.45. The van der Waals surface area contributed by atoms with Crippen molar-refractivity contribution in [3.05, 3.63) is 65.2 Å². The fraction of sp³-hybridized carbons (Fsp3) is 0.167. The third-order valence-corrected chi connectivity index (χ3v) is 3.97. The second kappa shape index (κ2) is 6.16. The molecule has 0 unspecified atom stereocenters. The minimum atomic E-state index is -4.39. The molecule has 1 aliphatic rings. The van der Waals surface area contributed by atoms with E-state index in [0.717, 1.165) is 12.1 Å². The lowest BCUT2D eigenvalue weighted by Gasteiger charge is -2.22. The van der Waals surface area contributed by atoms with Crippen molar-refractivity contribution < 1.29 is 18.0 Å². The first-order chi connectivity index (χ1) is 11.8. The van der Waals surface area contributed by atoms with Crippen LogP contribution in [-0.4, -0.2) is 12.3 Å². The zero-order valence-corrected chi connectivity index (χ0v) is 13.4. The number of ketones is 1. The minimum Gasteiger partial charge on any atom is -0.398 e. The fourth-order valence-corrected chi connectivity index (χ4v) is 2.64. The summed E-state index contributed by atoms with van der Waals surface area (Å²) in [5.41, 5.74) is 11.1. The molecule has 25 heavy (non-hydrogen) atoms. The van der Waals surface area contributed by atoms with Gasteiger partial charge in [-0.3, -0.25) is 15.2 Å². The lowest BCUT2D eigenvalue weighted by atomic mass is 10.0. The van der Waals surface area contributed by atoms with Crippen molar-refractivity contribution in [2.45, 2.75) is 13.1 Å². The number of halogens is 3. The third-order valence-electron chi connectivity index (χ3n) is 3.97. The number of hydrogen-bond donors (Lipinski definition) is 2. The summed E-state index contributed by atoms with van der Waals surface area (Å²) in [5.74, 6) is -0.0859. The number of nitrogen functional groups attached to an aromatic ring is 1. The van der Waals surface area contributed by atoms with E-state index in [0.29, 0.717) is 34.7 Å². The van der Waals surface area contributed by atoms with Crippen molar-refractivity contribution >= 4 is 22.9 Å². The molecule has 0 fully saturated rings. The number of nitrogens with zero attached hydrogens (tertiary/aromatic N) is 1. The molecule has 0 atom stereocenters. The Morgan fingerprint density at radius 3 is 2.60 bits per heavy atom. The maximum Gasteiger partial charge on any atom is 0.416 e. The standard InChI is InChI=1S/C18H16F3N3O/c1-11(25)12-5-6-15(16(22)9-12)17-7-8-24(23-17)14-4-2-3-13(10-14)18(19,20)21/h2-7,9-10,23H,8,22H2,1H3. The second-order valence-corrected chi connectivity index (χ2v) is 5.75. The molecule has 130 valence electrons. The van der Waals surface area contributed by atoms with E-state index in [1.54, 1.807) is 29.3 Å². The summed E-state index contributed by atoms with van der Waals surface area (Å²) in [6, 6.07) is 10.1. The van der Waals surface area contributed by atoms with Gasteiger partial charge in [0.2, 0.25) is 0 Å². The first kappa shape index (κ1) is 16.9. The van der Waals surface area contributed by atoms with E-state index in [-0.39, 0.29) is 5.78 Å². The maximum absolute atomic E-state index is 12.9. The normalized spacial score (nSPS) is 14.2. The Balaban J connectivity index is 1.81. The Labute approximate surface area is 142 Å². The van der Waals surface area contributed by atoms with Gasteiger partial charge in [-0.15, -0.1) is 0 Å². The van der Waals surface area contributed by atoms with Gasteiger partial charge in [-0.1, -0.05) is 18.2 Å². The molecule has 4 nitrogen and oxygen atoms in total. The molecule has 0 saturated carbocycles. The van der Waals surface area contributed by atoms with Crippen LogP contribution in [0.25, 0.3) is 5.70 Å². The van der Waals surface area contributed by atoms with Crippen LogP contribution in [-0.2, 0) is 6.18 Å². The molecule has 3 N–H and O–H groups in total. The van der Waals surface area contributed by atoms with Crippen molar-refractivity contribution in [3.8, 4) is 0 Å². The average Bonchev–Trinajstić information content (AvgIpc) is 3.03. The quantitative estimate of drug-likeness (QED) is 0.654. The summed E-state index contributed by atoms with van der Waals surface area (Å²) in [6.45, 7) is 1.85. The number of Topliss-reactive ketones (excluding diaryl/α,β-unsaturated/α-hetero) is 1. The number of anilines is 2. The van der Waals surface area contributed by atoms with Crippen LogP contribution in [0.4, 0.5) is 24.5 Å². The molecular weight excluding hydrogens is 331 g/mol. The molecular formula is C18H16F3N3O. The summed E-state index contributed by atoms with van der Waals surface area (Å²) in [5, 5.41) is 1.60. The number of benzene rings is 2. The minimum absolute atomic E-state index is 0.0859. The first-order valence-electron chi connectivity index (χ1n) is 7.58. The molecule has 2 aromatic carbocycles. The van der Waals surface area contributed by atoms with Gasteiger partial charge in [0.25, 0.3) is 0 Å². The summed E-state index contributed by atoms with van der Waals surface area (Å²) >= 11 is 0. The van der Waals surface area contributed by atoms with E-state index in [1.165, 1.54) is 13.0 Å². The van der Waals surface area contributed by atoms with Crippen LogP contribution in [0, 0.1) is 0 Å². The first-order valence-corrected chi connectivity index (χ1v) is 7.58. The molecule has 0 bridgehead atoms. The van der Waals surface area contributed by atoms with Crippen molar-refractivity contribution in [2.24, 2.45) is 0 Å². The van der Waals surface area contributed by atoms with E-state index >= 15 is 0 Å². The molecule has 0 spiro atoms. The molecule has 1 heterocycles. The van der Waals surface area contributed by atoms with E-state index < -0.39 is 11.7 Å². The van der Waals surface area contributed by atoms with Gasteiger partial charge in [0.05, 0.1) is 23.5 Å². The molecule has 3 rings (SSSR count). The van der Waals surface area contributed by atoms with Crippen LogP contribution < -0.4 is 16.2 Å². The van der Waals surface area contributed by atoms with Gasteiger partial charge in [0.15, 0.2) is 5.78 Å². The Kier molecular flexibility index (Phi) is 4.16. The Morgan fingerprint density at radius 2 is 1.96 bits per heavy atom. The lowest BCUT2D eigenvalue weighted by molar-refractivity contribution is -0.137. The lowest BCUT2D eigenvalue weighted by Crippen LogP contribution is -2.31. The van der Waals surface area contributed by atoms with Gasteiger partial charge < -0.3 is 5.73 Å². The predicted molar refractivity (Wildman–Crippen MR) is 90.8 cm³/mol. The van der Waals surface area contributed by atoms with Crippen molar-refractivity contribution in [3.63, 3.8) is 0 Å². The molecule has 2 aromatic rings. The number of carbonyl (C=O) groups excluding carboxylic acids is 1. The van der Waals surface area contributed by atoms with E-state index in [1.807, 2.05) is 6.08 Å². The topological polar surface area (TPSA) is 58.4 Å². The largest absolute Gasteiger partial charge is 0.416 e. The zero-order chi connectivity index (χ0) is 18.2. The average molecular weight is 347 g/mol. The summed E-state index contributed by atoms with van der Waals surface area (Å²) < 4.78 is 38.6. The summed E-state index contributed by atoms with van der Waals surface area (Å²) in [6.07, 6.45) is -2.56. The molecule has 0 saturated heterocycles. The van der Waals surface area contributed by atoms with Gasteiger partial charge >= 0.3 is 6.18 Å². The highest BCUT2D eigenvalue weighted by molar-refractivity contribution is 5.96. The fourth-order valence-electron chi connectivity index (χ4n) is 2.64. The van der Waals surface area contributed by atoms with Gasteiger partial charge in [-0.05, 0) is 37.3 Å². The number of hydrazine groups is 1. The van der Waals surface area contributed by atoms with E-state index in [2.05, 4.69) is 5.43 Å². The number of hydrogen-bond acceptors (Lipinski definition) is 4. The second-order valence-electron chi connectivity index (χ2n) is 5.75. The number of rotatable bonds is 3. The molecule has 0 amide bonds. The predicted octanol–water partition coefficient (Wildman–Crippen LogP) is 3.86. The summed E-state index contributed by atoms with van der Waals surface area (Å²) in [4.78, 5) is 11.4. The van der Waals surface area contributed by atoms with Crippen molar-refractivity contribution in [1.82, 2.24) is 5.43 Å². The van der Waals surface area contributed by atoms with Gasteiger partial charge in [-0.2, -0.15) is 13.2 Å². The van der Waals surface area contributed by atoms with Gasteiger partial charge in [0, 0.05) is 16.8 Å². The van der Waals surface area contributed by atoms with Crippen molar-refractivity contribution in [2.75, 3.05) is 17.3 Å². The molecule has 0 aliphatic carbocycles. The Hall–Kier alpha value is -2.96. The SMILES string of the molecule is CC(=O)c1ccc(C2=CCN(c3cccc(C(F)(F)F)c3)N2)c(N)c1. The maximum atomic E-state index is 12.9. The zero-order valence-electron chi connectivity index (χ0n) is 13.4. The number of alkyl halides is 3.